The fraction of sp³-hybridized carbons (Fsp3) is 0.429. The Kier molecular flexibility index (Phi) is 3.48. The average molecular weight is 290 g/mol. The summed E-state index contributed by atoms with van der Waals surface area (Å²) in [6, 6.07) is 2.21. The van der Waals surface area contributed by atoms with Gasteiger partial charge in [0, 0.05) is 9.75 Å². The van der Waals surface area contributed by atoms with Gasteiger partial charge in [0.2, 0.25) is 0 Å². The van der Waals surface area contributed by atoms with E-state index in [9.17, 15) is 4.79 Å². The van der Waals surface area contributed by atoms with Gasteiger partial charge in [-0.2, -0.15) is 5.10 Å². The summed E-state index contributed by atoms with van der Waals surface area (Å²) in [5.74, 6) is -0.216. The van der Waals surface area contributed by atoms with Crippen LogP contribution in [0.25, 0.3) is 0 Å². The third kappa shape index (κ3) is 2.31. The summed E-state index contributed by atoms with van der Waals surface area (Å²) < 4.78 is 0. The predicted octanol–water partition coefficient (Wildman–Crippen LogP) is 2.03. The molecule has 5 nitrogen and oxygen atoms in total. The molecule has 20 heavy (non-hydrogen) atoms. The van der Waals surface area contributed by atoms with E-state index in [1.807, 2.05) is 6.92 Å². The van der Waals surface area contributed by atoms with Gasteiger partial charge in [-0.05, 0) is 37.3 Å². The number of H-pyrrole nitrogens is 1. The van der Waals surface area contributed by atoms with Gasteiger partial charge in [-0.25, -0.2) is 0 Å². The second kappa shape index (κ2) is 5.28. The lowest BCUT2D eigenvalue weighted by Gasteiger charge is -2.02. The summed E-state index contributed by atoms with van der Waals surface area (Å²) >= 11 is 1.80. The molecule has 0 atom stereocenters. The molecule has 0 fully saturated rings. The molecule has 2 aromatic rings. The first kappa shape index (κ1) is 13.2. The quantitative estimate of drug-likeness (QED) is 0.805. The number of nitrogens with two attached hydrogens (primary N) is 1. The lowest BCUT2D eigenvalue weighted by molar-refractivity contribution is 0.0947. The molecular formula is C14H18N4OS. The van der Waals surface area contributed by atoms with Crippen LogP contribution in [0.1, 0.15) is 44.8 Å². The van der Waals surface area contributed by atoms with Crippen LogP contribution < -0.4 is 11.1 Å². The molecule has 3 rings (SSSR count). The summed E-state index contributed by atoms with van der Waals surface area (Å²) in [6.45, 7) is 2.52. The largest absolute Gasteiger partial charge is 0.395 e. The Morgan fingerprint density at radius 1 is 1.55 bits per heavy atom. The second-order valence-corrected chi connectivity index (χ2v) is 6.24. The first-order chi connectivity index (χ1) is 9.69. The molecular weight excluding hydrogens is 272 g/mol. The highest BCUT2D eigenvalue weighted by molar-refractivity contribution is 7.12. The number of anilines is 1. The van der Waals surface area contributed by atoms with Crippen molar-refractivity contribution in [1.29, 1.82) is 0 Å². The molecule has 106 valence electrons. The van der Waals surface area contributed by atoms with Crippen molar-refractivity contribution in [1.82, 2.24) is 15.5 Å². The van der Waals surface area contributed by atoms with E-state index in [1.165, 1.54) is 34.6 Å². The zero-order valence-electron chi connectivity index (χ0n) is 11.5. The SMILES string of the molecule is CCc1[nH]nc(C(=O)NCc2cc3c(s2)CCC3)c1N. The van der Waals surface area contributed by atoms with Gasteiger partial charge in [0.05, 0.1) is 17.9 Å². The average Bonchev–Trinajstić information content (AvgIpc) is 3.09. The highest BCUT2D eigenvalue weighted by atomic mass is 32.1. The lowest BCUT2D eigenvalue weighted by Crippen LogP contribution is -2.23. The van der Waals surface area contributed by atoms with Crippen molar-refractivity contribution < 1.29 is 4.79 Å². The summed E-state index contributed by atoms with van der Waals surface area (Å²) in [5, 5.41) is 9.68. The molecule has 2 aromatic heterocycles. The molecule has 1 aliphatic rings. The zero-order chi connectivity index (χ0) is 14.1. The Bertz CT molecular complexity index is 622. The number of nitrogens with zero attached hydrogens (tertiary/aromatic N) is 1. The van der Waals surface area contributed by atoms with E-state index in [4.69, 9.17) is 5.73 Å². The highest BCUT2D eigenvalue weighted by Gasteiger charge is 2.18. The maximum absolute atomic E-state index is 12.1. The number of rotatable bonds is 4. The van der Waals surface area contributed by atoms with Crippen molar-refractivity contribution in [2.45, 2.75) is 39.2 Å². The summed E-state index contributed by atoms with van der Waals surface area (Å²) in [7, 11) is 0. The van der Waals surface area contributed by atoms with Crippen molar-refractivity contribution in [3.8, 4) is 0 Å². The van der Waals surface area contributed by atoms with Crippen LogP contribution in [-0.4, -0.2) is 16.1 Å². The molecule has 1 aliphatic carbocycles. The number of carbonyl (C=O) groups is 1. The number of thiophene rings is 1. The van der Waals surface area contributed by atoms with Gasteiger partial charge in [0.15, 0.2) is 5.69 Å². The van der Waals surface area contributed by atoms with Crippen molar-refractivity contribution in [3.63, 3.8) is 0 Å². The van der Waals surface area contributed by atoms with Gasteiger partial charge in [-0.3, -0.25) is 9.89 Å². The molecule has 0 saturated carbocycles. The first-order valence-electron chi connectivity index (χ1n) is 6.90. The molecule has 0 bridgehead atoms. The number of aromatic nitrogens is 2. The standard InChI is InChI=1S/C14H18N4OS/c1-2-10-12(15)13(18-17-10)14(19)16-7-9-6-8-4-3-5-11(8)20-9/h6H,2-5,7,15H2,1H3,(H,16,19)(H,17,18). The predicted molar refractivity (Wildman–Crippen MR) is 79.9 cm³/mol. The van der Waals surface area contributed by atoms with E-state index in [1.54, 1.807) is 11.3 Å². The van der Waals surface area contributed by atoms with Gasteiger partial charge in [-0.15, -0.1) is 11.3 Å². The van der Waals surface area contributed by atoms with E-state index < -0.39 is 0 Å². The van der Waals surface area contributed by atoms with Crippen LogP contribution in [0.2, 0.25) is 0 Å². The summed E-state index contributed by atoms with van der Waals surface area (Å²) in [5.41, 5.74) is 8.91. The topological polar surface area (TPSA) is 83.8 Å². The van der Waals surface area contributed by atoms with E-state index in [-0.39, 0.29) is 5.91 Å². The third-order valence-electron chi connectivity index (χ3n) is 3.67. The molecule has 0 unspecified atom stereocenters. The van der Waals surface area contributed by atoms with Gasteiger partial charge >= 0.3 is 0 Å². The Balaban J connectivity index is 1.65. The molecule has 0 aromatic carbocycles. The van der Waals surface area contributed by atoms with Crippen molar-refractivity contribution in [2.75, 3.05) is 5.73 Å². The molecule has 0 radical (unpaired) electrons. The fourth-order valence-corrected chi connectivity index (χ4v) is 3.76. The fourth-order valence-electron chi connectivity index (χ4n) is 2.56. The maximum Gasteiger partial charge on any atom is 0.274 e. The van der Waals surface area contributed by atoms with Gasteiger partial charge in [-0.1, -0.05) is 6.92 Å². The minimum Gasteiger partial charge on any atom is -0.395 e. The molecule has 1 amide bonds. The number of amides is 1. The Morgan fingerprint density at radius 2 is 2.40 bits per heavy atom. The van der Waals surface area contributed by atoms with Crippen LogP contribution >= 0.6 is 11.3 Å². The lowest BCUT2D eigenvalue weighted by atomic mass is 10.2. The van der Waals surface area contributed by atoms with Crippen molar-refractivity contribution in [2.24, 2.45) is 0 Å². The van der Waals surface area contributed by atoms with Crippen LogP contribution in [0.4, 0.5) is 5.69 Å². The second-order valence-electron chi connectivity index (χ2n) is 5.02. The summed E-state index contributed by atoms with van der Waals surface area (Å²) in [4.78, 5) is 14.7. The van der Waals surface area contributed by atoms with E-state index in [2.05, 4.69) is 21.6 Å². The van der Waals surface area contributed by atoms with Crippen molar-refractivity contribution in [3.05, 3.63) is 32.8 Å². The molecule has 6 heteroatoms. The molecule has 0 spiro atoms. The Hall–Kier alpha value is -1.82. The number of fused-ring (bicyclic) bond motifs is 1. The van der Waals surface area contributed by atoms with Gasteiger partial charge in [0.25, 0.3) is 5.91 Å². The number of nitrogen functional groups attached to an aromatic ring is 1. The minimum atomic E-state index is -0.216. The normalized spacial score (nSPS) is 13.4. The number of aromatic amines is 1. The maximum atomic E-state index is 12.1. The van der Waals surface area contributed by atoms with Crippen LogP contribution in [0.5, 0.6) is 0 Å². The smallest absolute Gasteiger partial charge is 0.274 e. The molecule has 2 heterocycles. The number of hydrogen-bond donors (Lipinski definition) is 3. The van der Waals surface area contributed by atoms with Crippen molar-refractivity contribution >= 4 is 22.9 Å². The Morgan fingerprint density at radius 3 is 3.10 bits per heavy atom. The summed E-state index contributed by atoms with van der Waals surface area (Å²) in [6.07, 6.45) is 4.35. The highest BCUT2D eigenvalue weighted by Crippen LogP contribution is 2.30. The number of nitrogens with one attached hydrogen (secondary N) is 2. The van der Waals surface area contributed by atoms with E-state index in [0.717, 1.165) is 12.1 Å². The molecule has 4 N–H and O–H groups in total. The monoisotopic (exact) mass is 290 g/mol. The minimum absolute atomic E-state index is 0.216. The number of carbonyl (C=O) groups excluding carboxylic acids is 1. The first-order valence-corrected chi connectivity index (χ1v) is 7.72. The van der Waals surface area contributed by atoms with Crippen LogP contribution in [0, 0.1) is 0 Å². The zero-order valence-corrected chi connectivity index (χ0v) is 12.3. The van der Waals surface area contributed by atoms with Crippen LogP contribution in [0.15, 0.2) is 6.07 Å². The van der Waals surface area contributed by atoms with Crippen LogP contribution in [0.3, 0.4) is 0 Å². The van der Waals surface area contributed by atoms with Gasteiger partial charge < -0.3 is 11.1 Å². The number of aryl methyl sites for hydroxylation is 3. The van der Waals surface area contributed by atoms with Gasteiger partial charge in [0.1, 0.15) is 0 Å². The third-order valence-corrected chi connectivity index (χ3v) is 4.91. The molecule has 0 aliphatic heterocycles. The molecule has 0 saturated heterocycles. The van der Waals surface area contributed by atoms with E-state index >= 15 is 0 Å². The van der Waals surface area contributed by atoms with Crippen LogP contribution in [-0.2, 0) is 25.8 Å². The number of hydrogen-bond acceptors (Lipinski definition) is 4. The Labute approximate surface area is 121 Å². The van der Waals surface area contributed by atoms with E-state index in [0.29, 0.717) is 17.9 Å².